The van der Waals surface area contributed by atoms with E-state index in [9.17, 15) is 19.5 Å². The molecule has 1 aliphatic heterocycles. The van der Waals surface area contributed by atoms with E-state index in [1.807, 2.05) is 31.3 Å². The molecule has 0 unspecified atom stereocenters. The van der Waals surface area contributed by atoms with Gasteiger partial charge in [-0.15, -0.1) is 0 Å². The van der Waals surface area contributed by atoms with Crippen LogP contribution in [0.1, 0.15) is 16.8 Å². The van der Waals surface area contributed by atoms with Crippen LogP contribution in [-0.2, 0) is 29.7 Å². The molecule has 1 N–H and O–H groups in total. The number of urea groups is 1. The Hall–Kier alpha value is -3.14. The number of carboxylic acids is 1. The molecule has 1 aliphatic rings. The second kappa shape index (κ2) is 10.2. The number of nitrogens with zero attached hydrogens (tertiary/aromatic N) is 4. The van der Waals surface area contributed by atoms with Crippen molar-refractivity contribution < 1.29 is 49.0 Å². The van der Waals surface area contributed by atoms with Crippen molar-refractivity contribution in [3.63, 3.8) is 0 Å². The third kappa shape index (κ3) is 5.44. The maximum absolute atomic E-state index is 12.6. The Balaban J connectivity index is 0.00000306. The van der Waals surface area contributed by atoms with Crippen molar-refractivity contribution in [3.05, 3.63) is 65.5 Å². The number of aliphatic carboxylic acids is 1. The summed E-state index contributed by atoms with van der Waals surface area (Å²) >= 11 is 0. The van der Waals surface area contributed by atoms with Crippen molar-refractivity contribution in [3.8, 4) is 0 Å². The van der Waals surface area contributed by atoms with Crippen LogP contribution in [0.15, 0.2) is 48.7 Å². The number of fused-ring (bicyclic) bond motifs is 2. The summed E-state index contributed by atoms with van der Waals surface area (Å²) in [6.45, 7) is 0.0442. The van der Waals surface area contributed by atoms with Gasteiger partial charge in [0.1, 0.15) is 5.82 Å². The first-order chi connectivity index (χ1) is 15.3. The predicted octanol–water partition coefficient (Wildman–Crippen LogP) is -1.65. The minimum atomic E-state index is -1.34. The van der Waals surface area contributed by atoms with Crippen LogP contribution in [0.2, 0.25) is 0 Å². The molecule has 0 bridgehead atoms. The monoisotopic (exact) mass is 455 g/mol. The average molecular weight is 455 g/mol. The van der Waals surface area contributed by atoms with E-state index in [-0.39, 0.29) is 42.0 Å². The fraction of sp³-hybridized carbons (Fsp3) is 0.217. The number of hydrogen-bond donors (Lipinski definition) is 1. The van der Waals surface area contributed by atoms with Crippen LogP contribution < -0.4 is 40.0 Å². The quantitative estimate of drug-likeness (QED) is 0.354. The molecule has 10 heteroatoms. The van der Waals surface area contributed by atoms with Crippen LogP contribution in [0.3, 0.4) is 0 Å². The molecule has 9 nitrogen and oxygen atoms in total. The minimum Gasteiger partial charge on any atom is -0.548 e. The third-order valence-corrected chi connectivity index (χ3v) is 5.43. The number of rotatable bonds is 6. The molecule has 0 radical (unpaired) electrons. The summed E-state index contributed by atoms with van der Waals surface area (Å²) in [5.41, 5.74) is 3.46. The van der Waals surface area contributed by atoms with Crippen molar-refractivity contribution in [1.29, 1.82) is 0 Å². The first-order valence-corrected chi connectivity index (χ1v) is 10.0. The number of pyridine rings is 1. The molecule has 2 aromatic heterocycles. The number of nitrogens with one attached hydrogen (secondary N) is 1. The molecule has 0 spiro atoms. The number of hydrogen-bond acceptors (Lipinski definition) is 5. The molecule has 0 saturated heterocycles. The van der Waals surface area contributed by atoms with Crippen LogP contribution in [0.25, 0.3) is 17.0 Å². The summed E-state index contributed by atoms with van der Waals surface area (Å²) in [7, 11) is 3.72. The normalized spacial score (nSPS) is 12.9. The fourth-order valence-electron chi connectivity index (χ4n) is 3.71. The zero-order valence-electron chi connectivity index (χ0n) is 18.7. The molecule has 0 atom stereocenters. The van der Waals surface area contributed by atoms with E-state index < -0.39 is 18.5 Å². The average Bonchev–Trinajstić information content (AvgIpc) is 3.07. The molecule has 164 valence electrons. The fourth-order valence-corrected chi connectivity index (χ4v) is 3.71. The van der Waals surface area contributed by atoms with Crippen LogP contribution in [0.5, 0.6) is 0 Å². The van der Waals surface area contributed by atoms with Crippen LogP contribution in [0.4, 0.5) is 10.6 Å². The zero-order chi connectivity index (χ0) is 22.8. The van der Waals surface area contributed by atoms with Crippen LogP contribution in [0, 0.1) is 0 Å². The number of para-hydroxylation sites is 1. The summed E-state index contributed by atoms with van der Waals surface area (Å²) in [5.74, 6) is -1.13. The maximum Gasteiger partial charge on any atom is 1.00 e. The number of amides is 3. The number of aryl methyl sites for hydroxylation is 1. The Labute approximate surface area is 213 Å². The van der Waals surface area contributed by atoms with Crippen molar-refractivity contribution in [2.45, 2.75) is 13.1 Å². The Morgan fingerprint density at radius 3 is 2.76 bits per heavy atom. The first kappa shape index (κ1) is 24.5. The number of aromatic nitrogens is 2. The van der Waals surface area contributed by atoms with Crippen molar-refractivity contribution in [2.75, 3.05) is 18.9 Å². The minimum absolute atomic E-state index is 0. The summed E-state index contributed by atoms with van der Waals surface area (Å²) in [5, 5.41) is 14.5. The largest absolute Gasteiger partial charge is 1.00 e. The SMILES string of the molecule is CN(Cc1cc2ccccc2n1C)C(=O)/C=C/c1cnc2c(c1)CN(CC(=O)[O-])C(=O)N2.[Na+]. The van der Waals surface area contributed by atoms with E-state index in [0.29, 0.717) is 23.5 Å². The number of carboxylic acid groups (broad SMARTS) is 1. The molecule has 0 fully saturated rings. The molecule has 4 rings (SSSR count). The van der Waals surface area contributed by atoms with Gasteiger partial charge in [-0.25, -0.2) is 9.78 Å². The van der Waals surface area contributed by atoms with E-state index in [2.05, 4.69) is 20.9 Å². The summed E-state index contributed by atoms with van der Waals surface area (Å²) in [6.07, 6.45) is 4.65. The van der Waals surface area contributed by atoms with Crippen molar-refractivity contribution in [1.82, 2.24) is 19.4 Å². The van der Waals surface area contributed by atoms with E-state index in [0.717, 1.165) is 21.5 Å². The van der Waals surface area contributed by atoms with Gasteiger partial charge in [0.05, 0.1) is 25.6 Å². The molecule has 3 aromatic rings. The van der Waals surface area contributed by atoms with Gasteiger partial charge >= 0.3 is 35.6 Å². The standard InChI is InChI=1S/C23H23N5O4.Na/c1-26(13-18-10-16-5-3-4-6-19(16)27(18)2)20(29)8-7-15-9-17-12-28(14-21(30)31)23(32)25-22(17)24-11-15;/h3-11H,12-14H2,1-2H3,(H,30,31)(H,24,25,32);/q;+1/p-1/b8-7+;. The van der Waals surface area contributed by atoms with E-state index in [1.54, 1.807) is 30.3 Å². The predicted molar refractivity (Wildman–Crippen MR) is 117 cm³/mol. The van der Waals surface area contributed by atoms with Gasteiger partial charge in [0, 0.05) is 43.1 Å². The first-order valence-electron chi connectivity index (χ1n) is 10.0. The smallest absolute Gasteiger partial charge is 0.548 e. The number of carbonyl (C=O) groups is 3. The topological polar surface area (TPSA) is 111 Å². The van der Waals surface area contributed by atoms with Gasteiger partial charge in [0.15, 0.2) is 0 Å². The van der Waals surface area contributed by atoms with Crippen LogP contribution >= 0.6 is 0 Å². The van der Waals surface area contributed by atoms with Gasteiger partial charge in [-0.2, -0.15) is 0 Å². The van der Waals surface area contributed by atoms with Gasteiger partial charge < -0.3 is 24.3 Å². The molecule has 0 aliphatic carbocycles. The Morgan fingerprint density at radius 2 is 2.03 bits per heavy atom. The summed E-state index contributed by atoms with van der Waals surface area (Å²) < 4.78 is 2.07. The van der Waals surface area contributed by atoms with E-state index >= 15 is 0 Å². The Morgan fingerprint density at radius 1 is 1.27 bits per heavy atom. The maximum atomic E-state index is 12.6. The second-order valence-electron chi connectivity index (χ2n) is 7.72. The molecular weight excluding hydrogens is 433 g/mol. The Bertz CT molecular complexity index is 1250. The number of likely N-dealkylation sites (N-methyl/N-ethyl adjacent to an activating group) is 1. The molecule has 33 heavy (non-hydrogen) atoms. The summed E-state index contributed by atoms with van der Waals surface area (Å²) in [6, 6.07) is 11.3. The second-order valence-corrected chi connectivity index (χ2v) is 7.72. The van der Waals surface area contributed by atoms with E-state index in [4.69, 9.17) is 0 Å². The number of benzene rings is 1. The van der Waals surface area contributed by atoms with E-state index in [1.165, 1.54) is 6.08 Å². The number of anilines is 1. The van der Waals surface area contributed by atoms with Gasteiger partial charge in [-0.3, -0.25) is 10.1 Å². The van der Waals surface area contributed by atoms with Gasteiger partial charge in [0.2, 0.25) is 5.91 Å². The van der Waals surface area contributed by atoms with Gasteiger partial charge in [-0.05, 0) is 35.2 Å². The van der Waals surface area contributed by atoms with Crippen molar-refractivity contribution >= 4 is 40.7 Å². The van der Waals surface area contributed by atoms with Gasteiger partial charge in [-0.1, -0.05) is 18.2 Å². The molecule has 3 amide bonds. The number of carbonyl (C=O) groups excluding carboxylic acids is 3. The molecule has 0 saturated carbocycles. The summed E-state index contributed by atoms with van der Waals surface area (Å²) in [4.78, 5) is 42.3. The van der Waals surface area contributed by atoms with Crippen molar-refractivity contribution in [2.24, 2.45) is 7.05 Å². The van der Waals surface area contributed by atoms with Gasteiger partial charge in [0.25, 0.3) is 0 Å². The Kier molecular flexibility index (Phi) is 7.57. The molecule has 3 heterocycles. The zero-order valence-corrected chi connectivity index (χ0v) is 20.7. The third-order valence-electron chi connectivity index (χ3n) is 5.43. The van der Waals surface area contributed by atoms with Crippen LogP contribution in [-0.4, -0.2) is 50.9 Å². The molecular formula is C23H22N5NaO4. The molecule has 1 aromatic carbocycles.